The largest absolute Gasteiger partial charge is 0.254 e. The summed E-state index contributed by atoms with van der Waals surface area (Å²) in [6.07, 6.45) is 4.06. The van der Waals surface area contributed by atoms with Gasteiger partial charge in [-0.1, -0.05) is 159 Å². The number of aromatic nitrogens is 2. The second kappa shape index (κ2) is 11.8. The summed E-state index contributed by atoms with van der Waals surface area (Å²) in [6, 6.07) is 63.1. The maximum Gasteiger partial charge on any atom is 0.0930 e. The average Bonchev–Trinajstić information content (AvgIpc) is 3.52. The fourth-order valence-corrected chi connectivity index (χ4v) is 10.4. The zero-order chi connectivity index (χ0) is 39.0. The molecule has 13 rings (SSSR count). The van der Waals surface area contributed by atoms with Gasteiger partial charge in [-0.2, -0.15) is 0 Å². The molecule has 1 aliphatic carbocycles. The molecule has 0 amide bonds. The number of rotatable bonds is 4. The van der Waals surface area contributed by atoms with Crippen LogP contribution in [0, 0.1) is 0 Å². The molecule has 0 unspecified atom stereocenters. The van der Waals surface area contributed by atoms with Crippen molar-refractivity contribution in [3.8, 4) is 55.9 Å². The molecule has 0 spiro atoms. The van der Waals surface area contributed by atoms with Crippen LogP contribution >= 0.6 is 0 Å². The molecule has 1 aliphatic rings. The molecule has 0 saturated heterocycles. The summed E-state index contributed by atoms with van der Waals surface area (Å²) in [5.74, 6) is 0. The van der Waals surface area contributed by atoms with Crippen LogP contribution in [0.4, 0.5) is 0 Å². The minimum atomic E-state index is -0.274. The third-order valence-electron chi connectivity index (χ3n) is 13.4. The number of fused-ring (bicyclic) bond motifs is 3. The second-order valence-electron chi connectivity index (χ2n) is 17.0. The van der Waals surface area contributed by atoms with Crippen molar-refractivity contribution in [2.24, 2.45) is 0 Å². The minimum Gasteiger partial charge on any atom is -0.254 e. The van der Waals surface area contributed by atoms with E-state index in [0.717, 1.165) is 33.6 Å². The van der Waals surface area contributed by atoms with Crippen LogP contribution in [0.15, 0.2) is 182 Å². The Labute approximate surface area is 341 Å². The molecule has 2 nitrogen and oxygen atoms in total. The molecule has 0 radical (unpaired) electrons. The molecule has 59 heavy (non-hydrogen) atoms. The number of nitrogens with zero attached hydrogens (tertiary/aromatic N) is 2. The van der Waals surface area contributed by atoms with Crippen LogP contribution in [0.1, 0.15) is 25.0 Å². The molecule has 12 aromatic rings. The summed E-state index contributed by atoms with van der Waals surface area (Å²) >= 11 is 0. The molecule has 0 atom stereocenters. The maximum atomic E-state index is 5.14. The number of benzene rings is 10. The van der Waals surface area contributed by atoms with Crippen LogP contribution in [0.2, 0.25) is 0 Å². The Morgan fingerprint density at radius 2 is 0.678 bits per heavy atom. The van der Waals surface area contributed by atoms with Gasteiger partial charge in [-0.15, -0.1) is 0 Å². The standard InChI is InChI=1S/C57H36N2/c1-57(2)49-29-43(39-11-5-13-41(27-39)45-23-19-37-17-15-33-7-3-9-35-21-25-47(45)53(37)51(33)35)31-58-55(49)56-50(57)30-44(32-59-56)40-12-6-14-42(28-40)46-24-20-38-18-16-34-8-4-10-36-22-26-48(46)54(38)52(34)36/h3-32H,1-2H3. The zero-order valence-corrected chi connectivity index (χ0v) is 32.7. The Morgan fingerprint density at radius 1 is 0.322 bits per heavy atom. The van der Waals surface area contributed by atoms with Gasteiger partial charge in [-0.05, 0) is 133 Å². The Bertz CT molecular complexity index is 3430. The molecule has 2 heterocycles. The Balaban J connectivity index is 0.865. The molecule has 274 valence electrons. The molecule has 0 fully saturated rings. The fourth-order valence-electron chi connectivity index (χ4n) is 10.4. The normalized spacial score (nSPS) is 13.4. The van der Waals surface area contributed by atoms with Gasteiger partial charge >= 0.3 is 0 Å². The topological polar surface area (TPSA) is 25.8 Å². The third kappa shape index (κ3) is 4.63. The van der Waals surface area contributed by atoms with Crippen molar-refractivity contribution in [3.05, 3.63) is 193 Å². The van der Waals surface area contributed by atoms with Gasteiger partial charge in [0, 0.05) is 28.9 Å². The lowest BCUT2D eigenvalue weighted by atomic mass is 9.81. The van der Waals surface area contributed by atoms with E-state index in [9.17, 15) is 0 Å². The molecular weight excluding hydrogens is 713 g/mol. The number of hydrogen-bond donors (Lipinski definition) is 0. The van der Waals surface area contributed by atoms with Gasteiger partial charge < -0.3 is 0 Å². The highest BCUT2D eigenvalue weighted by Crippen LogP contribution is 2.49. The minimum absolute atomic E-state index is 0.274. The second-order valence-corrected chi connectivity index (χ2v) is 17.0. The monoisotopic (exact) mass is 748 g/mol. The first-order chi connectivity index (χ1) is 29.0. The van der Waals surface area contributed by atoms with Crippen molar-refractivity contribution in [2.75, 3.05) is 0 Å². The smallest absolute Gasteiger partial charge is 0.0930 e. The van der Waals surface area contributed by atoms with Crippen molar-refractivity contribution >= 4 is 64.6 Å². The van der Waals surface area contributed by atoms with Crippen molar-refractivity contribution in [1.82, 2.24) is 9.97 Å². The predicted octanol–water partition coefficient (Wildman–Crippen LogP) is 15.2. The maximum absolute atomic E-state index is 5.14. The lowest BCUT2D eigenvalue weighted by Gasteiger charge is -2.22. The van der Waals surface area contributed by atoms with Crippen LogP contribution in [-0.2, 0) is 5.41 Å². The zero-order valence-electron chi connectivity index (χ0n) is 32.7. The van der Waals surface area contributed by atoms with E-state index in [-0.39, 0.29) is 5.41 Å². The van der Waals surface area contributed by atoms with Crippen LogP contribution in [0.5, 0.6) is 0 Å². The summed E-state index contributed by atoms with van der Waals surface area (Å²) in [6.45, 7) is 4.63. The Hall–Kier alpha value is -7.42. The van der Waals surface area contributed by atoms with E-state index < -0.39 is 0 Å². The first-order valence-electron chi connectivity index (χ1n) is 20.5. The van der Waals surface area contributed by atoms with Gasteiger partial charge in [0.05, 0.1) is 11.4 Å². The van der Waals surface area contributed by atoms with Gasteiger partial charge in [0.1, 0.15) is 0 Å². The molecule has 0 bridgehead atoms. The van der Waals surface area contributed by atoms with E-state index >= 15 is 0 Å². The van der Waals surface area contributed by atoms with Gasteiger partial charge in [-0.3, -0.25) is 9.97 Å². The van der Waals surface area contributed by atoms with E-state index in [0.29, 0.717) is 0 Å². The first kappa shape index (κ1) is 32.6. The fraction of sp³-hybridized carbons (Fsp3) is 0.0526. The molecular formula is C57H36N2. The van der Waals surface area contributed by atoms with Gasteiger partial charge in [0.25, 0.3) is 0 Å². The molecule has 0 N–H and O–H groups in total. The number of hydrogen-bond acceptors (Lipinski definition) is 2. The van der Waals surface area contributed by atoms with Gasteiger partial charge in [0.15, 0.2) is 0 Å². The lowest BCUT2D eigenvalue weighted by molar-refractivity contribution is 0.658. The molecule has 0 saturated carbocycles. The van der Waals surface area contributed by atoms with Gasteiger partial charge in [0.2, 0.25) is 0 Å². The molecule has 2 heteroatoms. The quantitative estimate of drug-likeness (QED) is 0.168. The Morgan fingerprint density at radius 3 is 1.12 bits per heavy atom. The molecule has 0 aliphatic heterocycles. The van der Waals surface area contributed by atoms with Gasteiger partial charge in [-0.25, -0.2) is 0 Å². The average molecular weight is 749 g/mol. The van der Waals surface area contributed by atoms with Crippen LogP contribution in [-0.4, -0.2) is 9.97 Å². The van der Waals surface area contributed by atoms with E-state index in [1.807, 2.05) is 12.4 Å². The van der Waals surface area contributed by atoms with E-state index in [1.165, 1.54) is 98.0 Å². The third-order valence-corrected chi connectivity index (χ3v) is 13.4. The predicted molar refractivity (Wildman–Crippen MR) is 249 cm³/mol. The summed E-state index contributed by atoms with van der Waals surface area (Å²) < 4.78 is 0. The van der Waals surface area contributed by atoms with E-state index in [1.54, 1.807) is 0 Å². The lowest BCUT2D eigenvalue weighted by Crippen LogP contribution is -2.15. The SMILES string of the molecule is CC1(C)c2cc(-c3cccc(-c4ccc5ccc6cccc7ccc4c5c67)c3)cnc2-c2ncc(-c3cccc(-c4ccc5ccc6cccc7ccc4c5c67)c3)cc21. The highest BCUT2D eigenvalue weighted by Gasteiger charge is 2.38. The van der Waals surface area contributed by atoms with E-state index in [2.05, 4.69) is 184 Å². The Kier molecular flexibility index (Phi) is 6.54. The summed E-state index contributed by atoms with van der Waals surface area (Å²) in [5.41, 5.74) is 13.6. The molecule has 10 aromatic carbocycles. The van der Waals surface area contributed by atoms with Crippen LogP contribution < -0.4 is 0 Å². The van der Waals surface area contributed by atoms with Crippen molar-refractivity contribution < 1.29 is 0 Å². The van der Waals surface area contributed by atoms with E-state index in [4.69, 9.17) is 9.97 Å². The van der Waals surface area contributed by atoms with Crippen molar-refractivity contribution in [2.45, 2.75) is 19.3 Å². The van der Waals surface area contributed by atoms with Crippen molar-refractivity contribution in [3.63, 3.8) is 0 Å². The summed E-state index contributed by atoms with van der Waals surface area (Å²) in [5, 5.41) is 15.7. The first-order valence-corrected chi connectivity index (χ1v) is 20.5. The summed E-state index contributed by atoms with van der Waals surface area (Å²) in [7, 11) is 0. The van der Waals surface area contributed by atoms with Crippen LogP contribution in [0.25, 0.3) is 121 Å². The highest BCUT2D eigenvalue weighted by atomic mass is 14.8. The van der Waals surface area contributed by atoms with Crippen molar-refractivity contribution in [1.29, 1.82) is 0 Å². The number of pyridine rings is 2. The highest BCUT2D eigenvalue weighted by molar-refractivity contribution is 6.26. The molecule has 2 aromatic heterocycles. The van der Waals surface area contributed by atoms with Crippen LogP contribution in [0.3, 0.4) is 0 Å². The summed E-state index contributed by atoms with van der Waals surface area (Å²) in [4.78, 5) is 10.3.